The van der Waals surface area contributed by atoms with E-state index in [1.807, 2.05) is 30.3 Å². The first kappa shape index (κ1) is 21.2. The summed E-state index contributed by atoms with van der Waals surface area (Å²) in [5.41, 5.74) is 2.77. The predicted octanol–water partition coefficient (Wildman–Crippen LogP) is 4.87. The van der Waals surface area contributed by atoms with Crippen LogP contribution in [0.15, 0.2) is 42.5 Å². The number of amides is 2. The third kappa shape index (κ3) is 4.43. The Morgan fingerprint density at radius 2 is 1.88 bits per heavy atom. The summed E-state index contributed by atoms with van der Waals surface area (Å²) in [6, 6.07) is 14.1. The molecule has 2 N–H and O–H groups in total. The van der Waals surface area contributed by atoms with Gasteiger partial charge in [-0.3, -0.25) is 9.59 Å². The molecule has 166 valence electrons. The number of benzene rings is 2. The van der Waals surface area contributed by atoms with Gasteiger partial charge in [0.2, 0.25) is 5.91 Å². The molecule has 2 amide bonds. The van der Waals surface area contributed by atoms with Gasteiger partial charge in [-0.15, -0.1) is 11.3 Å². The lowest BCUT2D eigenvalue weighted by Gasteiger charge is -2.15. The smallest absolute Gasteiger partial charge is 0.254 e. The molecule has 5 rings (SSSR count). The second-order valence-corrected chi connectivity index (χ2v) is 9.73. The summed E-state index contributed by atoms with van der Waals surface area (Å²) < 4.78 is 5.65. The maximum absolute atomic E-state index is 13.2. The van der Waals surface area contributed by atoms with E-state index >= 15 is 0 Å². The van der Waals surface area contributed by atoms with Gasteiger partial charge in [-0.1, -0.05) is 42.5 Å². The molecule has 0 bridgehead atoms. The van der Waals surface area contributed by atoms with Gasteiger partial charge < -0.3 is 15.4 Å². The van der Waals surface area contributed by atoms with Crippen molar-refractivity contribution in [2.45, 2.75) is 51.0 Å². The molecule has 2 heterocycles. The molecule has 2 aliphatic rings. The van der Waals surface area contributed by atoms with Gasteiger partial charge in [0.1, 0.15) is 5.00 Å². The van der Waals surface area contributed by atoms with Gasteiger partial charge in [-0.25, -0.2) is 0 Å². The summed E-state index contributed by atoms with van der Waals surface area (Å²) in [6.45, 7) is 1.29. The molecule has 32 heavy (non-hydrogen) atoms. The third-order valence-electron chi connectivity index (χ3n) is 6.40. The van der Waals surface area contributed by atoms with Crippen LogP contribution in [-0.2, 0) is 28.8 Å². The van der Waals surface area contributed by atoms with Crippen molar-refractivity contribution in [3.8, 4) is 0 Å². The van der Waals surface area contributed by atoms with E-state index in [0.717, 1.165) is 67.0 Å². The molecule has 0 radical (unpaired) electrons. The van der Waals surface area contributed by atoms with E-state index in [1.54, 1.807) is 11.3 Å². The number of carbonyl (C=O) groups is 2. The average molecular weight is 449 g/mol. The van der Waals surface area contributed by atoms with Crippen LogP contribution in [0.5, 0.6) is 0 Å². The fourth-order valence-electron chi connectivity index (χ4n) is 4.78. The van der Waals surface area contributed by atoms with Gasteiger partial charge in [0.15, 0.2) is 0 Å². The van der Waals surface area contributed by atoms with E-state index in [4.69, 9.17) is 4.74 Å². The summed E-state index contributed by atoms with van der Waals surface area (Å²) in [7, 11) is 0. The zero-order valence-corrected chi connectivity index (χ0v) is 18.9. The molecule has 2 aromatic carbocycles. The third-order valence-corrected chi connectivity index (χ3v) is 7.60. The normalized spacial score (nSPS) is 17.8. The molecule has 1 aliphatic heterocycles. The van der Waals surface area contributed by atoms with Crippen molar-refractivity contribution in [2.75, 3.05) is 18.5 Å². The zero-order valence-electron chi connectivity index (χ0n) is 18.1. The number of thiophene rings is 1. The van der Waals surface area contributed by atoms with Gasteiger partial charge in [0.05, 0.1) is 18.1 Å². The van der Waals surface area contributed by atoms with Crippen LogP contribution in [0.25, 0.3) is 10.8 Å². The number of rotatable bonds is 6. The summed E-state index contributed by atoms with van der Waals surface area (Å²) in [5, 5.41) is 9.03. The summed E-state index contributed by atoms with van der Waals surface area (Å²) in [5.74, 6) is -0.187. The molecule has 1 aliphatic carbocycles. The van der Waals surface area contributed by atoms with Crippen molar-refractivity contribution >= 4 is 38.9 Å². The molecule has 6 heteroatoms. The minimum atomic E-state index is -0.0969. The zero-order chi connectivity index (χ0) is 21.9. The average Bonchev–Trinajstić information content (AvgIpc) is 3.45. The summed E-state index contributed by atoms with van der Waals surface area (Å²) >= 11 is 1.57. The number of anilines is 1. The van der Waals surface area contributed by atoms with E-state index in [2.05, 4.69) is 22.8 Å². The first-order valence-corrected chi connectivity index (χ1v) is 12.3. The van der Waals surface area contributed by atoms with Crippen LogP contribution in [0.3, 0.4) is 0 Å². The van der Waals surface area contributed by atoms with E-state index < -0.39 is 0 Å². The van der Waals surface area contributed by atoms with Crippen LogP contribution in [0.1, 0.15) is 52.0 Å². The fraction of sp³-hybridized carbons (Fsp3) is 0.385. The molecule has 1 atom stereocenters. The Morgan fingerprint density at radius 1 is 1.03 bits per heavy atom. The Hall–Kier alpha value is -2.70. The van der Waals surface area contributed by atoms with Crippen LogP contribution in [0.4, 0.5) is 5.00 Å². The molecular weight excluding hydrogens is 420 g/mol. The molecule has 1 aromatic heterocycles. The first-order valence-electron chi connectivity index (χ1n) is 11.5. The van der Waals surface area contributed by atoms with Gasteiger partial charge in [-0.2, -0.15) is 0 Å². The van der Waals surface area contributed by atoms with Crippen molar-refractivity contribution in [1.29, 1.82) is 0 Å². The van der Waals surface area contributed by atoms with Crippen LogP contribution >= 0.6 is 11.3 Å². The minimum Gasteiger partial charge on any atom is -0.376 e. The molecular formula is C26H28N2O3S. The van der Waals surface area contributed by atoms with Gasteiger partial charge in [0.25, 0.3) is 5.91 Å². The van der Waals surface area contributed by atoms with Crippen LogP contribution < -0.4 is 10.6 Å². The largest absolute Gasteiger partial charge is 0.376 e. The maximum Gasteiger partial charge on any atom is 0.254 e. The molecule has 1 saturated heterocycles. The number of aryl methyl sites for hydroxylation is 1. The molecule has 1 unspecified atom stereocenters. The molecule has 5 nitrogen and oxygen atoms in total. The lowest BCUT2D eigenvalue weighted by atomic mass is 9.95. The number of fused-ring (bicyclic) bond motifs is 2. The number of ether oxygens (including phenoxy) is 1. The lowest BCUT2D eigenvalue weighted by Crippen LogP contribution is -2.32. The van der Waals surface area contributed by atoms with Gasteiger partial charge >= 0.3 is 0 Å². The maximum atomic E-state index is 13.2. The Balaban J connectivity index is 1.36. The summed E-state index contributed by atoms with van der Waals surface area (Å²) in [4.78, 5) is 27.4. The SMILES string of the molecule is O=C(Cc1cccc2ccccc12)Nc1sc2c(c1C(=O)NCC1CCCO1)CCCC2. The molecule has 3 aromatic rings. The first-order chi connectivity index (χ1) is 15.7. The van der Waals surface area contributed by atoms with E-state index in [-0.39, 0.29) is 24.3 Å². The predicted molar refractivity (Wildman–Crippen MR) is 129 cm³/mol. The van der Waals surface area contributed by atoms with E-state index in [0.29, 0.717) is 17.1 Å². The topological polar surface area (TPSA) is 67.4 Å². The van der Waals surface area contributed by atoms with Crippen molar-refractivity contribution < 1.29 is 14.3 Å². The highest BCUT2D eigenvalue weighted by atomic mass is 32.1. The monoisotopic (exact) mass is 448 g/mol. The quantitative estimate of drug-likeness (QED) is 0.565. The molecule has 0 saturated carbocycles. The number of hydrogen-bond acceptors (Lipinski definition) is 4. The number of carbonyl (C=O) groups excluding carboxylic acids is 2. The lowest BCUT2D eigenvalue weighted by molar-refractivity contribution is -0.115. The van der Waals surface area contributed by atoms with Crippen LogP contribution in [0.2, 0.25) is 0 Å². The highest BCUT2D eigenvalue weighted by Gasteiger charge is 2.27. The second-order valence-electron chi connectivity index (χ2n) is 8.62. The second kappa shape index (κ2) is 9.43. The molecule has 1 fully saturated rings. The minimum absolute atomic E-state index is 0.0897. The van der Waals surface area contributed by atoms with Gasteiger partial charge in [-0.05, 0) is 60.4 Å². The number of hydrogen-bond donors (Lipinski definition) is 2. The molecule has 0 spiro atoms. The van der Waals surface area contributed by atoms with Gasteiger partial charge in [0, 0.05) is 18.0 Å². The van der Waals surface area contributed by atoms with E-state index in [1.165, 1.54) is 4.88 Å². The van der Waals surface area contributed by atoms with Crippen molar-refractivity contribution in [2.24, 2.45) is 0 Å². The summed E-state index contributed by atoms with van der Waals surface area (Å²) in [6.07, 6.45) is 6.49. The Labute approximate surface area is 192 Å². The van der Waals surface area contributed by atoms with E-state index in [9.17, 15) is 9.59 Å². The van der Waals surface area contributed by atoms with Crippen molar-refractivity contribution in [3.63, 3.8) is 0 Å². The van der Waals surface area contributed by atoms with Crippen LogP contribution in [0, 0.1) is 0 Å². The Kier molecular flexibility index (Phi) is 6.23. The number of nitrogens with one attached hydrogen (secondary N) is 2. The highest BCUT2D eigenvalue weighted by molar-refractivity contribution is 7.17. The van der Waals surface area contributed by atoms with Crippen molar-refractivity contribution in [1.82, 2.24) is 5.32 Å². The standard InChI is InChI=1S/C26H28N2O3S/c29-23(15-18-9-5-8-17-7-1-2-11-20(17)18)28-26-24(21-12-3-4-13-22(21)32-26)25(30)27-16-19-10-6-14-31-19/h1-2,5,7-9,11,19H,3-4,6,10,12-16H2,(H,27,30)(H,28,29). The Morgan fingerprint density at radius 3 is 2.75 bits per heavy atom. The highest BCUT2D eigenvalue weighted by Crippen LogP contribution is 2.38. The van der Waals surface area contributed by atoms with Crippen molar-refractivity contribution in [3.05, 3.63) is 64.0 Å². The Bertz CT molecular complexity index is 1140. The fourth-order valence-corrected chi connectivity index (χ4v) is 6.09. The van der Waals surface area contributed by atoms with Crippen LogP contribution in [-0.4, -0.2) is 31.1 Å².